The van der Waals surface area contributed by atoms with Gasteiger partial charge < -0.3 is 10.6 Å². The van der Waals surface area contributed by atoms with Gasteiger partial charge in [0.15, 0.2) is 0 Å². The van der Waals surface area contributed by atoms with Crippen LogP contribution in [0.4, 0.5) is 5.69 Å². The predicted octanol–water partition coefficient (Wildman–Crippen LogP) is 2.96. The number of aromatic nitrogens is 2. The van der Waals surface area contributed by atoms with Gasteiger partial charge in [0.2, 0.25) is 0 Å². The highest BCUT2D eigenvalue weighted by atomic mass is 79.9. The zero-order valence-electron chi connectivity index (χ0n) is 11.6. The summed E-state index contributed by atoms with van der Waals surface area (Å²) < 4.78 is 0.956. The molecule has 0 saturated carbocycles. The van der Waals surface area contributed by atoms with Gasteiger partial charge in [-0.25, -0.2) is 0 Å². The first-order chi connectivity index (χ1) is 9.69. The van der Waals surface area contributed by atoms with Crippen LogP contribution < -0.4 is 10.6 Å². The number of rotatable bonds is 2. The van der Waals surface area contributed by atoms with Gasteiger partial charge in [-0.15, -0.1) is 0 Å². The average molecular weight is 335 g/mol. The highest BCUT2D eigenvalue weighted by molar-refractivity contribution is 9.10. The van der Waals surface area contributed by atoms with Crippen LogP contribution in [0, 0.1) is 5.92 Å². The van der Waals surface area contributed by atoms with Gasteiger partial charge in [0.05, 0.1) is 11.2 Å². The Morgan fingerprint density at radius 1 is 1.45 bits per heavy atom. The quantitative estimate of drug-likeness (QED) is 0.917. The number of nitrogens with two attached hydrogens (primary N) is 1. The van der Waals surface area contributed by atoms with Gasteiger partial charge >= 0.3 is 0 Å². The molecule has 2 atom stereocenters. The summed E-state index contributed by atoms with van der Waals surface area (Å²) >= 11 is 3.45. The second kappa shape index (κ2) is 5.66. The Kier molecular flexibility index (Phi) is 3.89. The highest BCUT2D eigenvalue weighted by Crippen LogP contribution is 2.31. The molecular weight excluding hydrogens is 316 g/mol. The van der Waals surface area contributed by atoms with Crippen molar-refractivity contribution >= 4 is 32.7 Å². The minimum Gasteiger partial charge on any atom is -0.365 e. The molecule has 1 aliphatic heterocycles. The Bertz CT molecular complexity index is 616. The van der Waals surface area contributed by atoms with E-state index in [1.165, 1.54) is 6.42 Å². The first-order valence-corrected chi connectivity index (χ1v) is 7.85. The molecule has 2 unspecified atom stereocenters. The minimum atomic E-state index is 0.398. The van der Waals surface area contributed by atoms with E-state index < -0.39 is 0 Å². The SMILES string of the molecule is CC1CCN(c2ccnc3cc(Br)cnc23)C(CN)C1. The number of hydrogen-bond acceptors (Lipinski definition) is 4. The van der Waals surface area contributed by atoms with Crippen molar-refractivity contribution in [2.75, 3.05) is 18.0 Å². The van der Waals surface area contributed by atoms with Crippen molar-refractivity contribution in [3.8, 4) is 0 Å². The predicted molar refractivity (Wildman–Crippen MR) is 85.8 cm³/mol. The fourth-order valence-electron chi connectivity index (χ4n) is 3.02. The normalized spacial score (nSPS) is 23.2. The Morgan fingerprint density at radius 2 is 2.30 bits per heavy atom. The van der Waals surface area contributed by atoms with Gasteiger partial charge in [-0.2, -0.15) is 0 Å². The molecule has 0 spiro atoms. The summed E-state index contributed by atoms with van der Waals surface area (Å²) in [6.45, 7) is 4.03. The lowest BCUT2D eigenvalue weighted by atomic mass is 9.92. The van der Waals surface area contributed by atoms with Gasteiger partial charge in [-0.3, -0.25) is 9.97 Å². The van der Waals surface area contributed by atoms with Crippen LogP contribution in [0.5, 0.6) is 0 Å². The highest BCUT2D eigenvalue weighted by Gasteiger charge is 2.26. The van der Waals surface area contributed by atoms with Gasteiger partial charge in [-0.05, 0) is 46.8 Å². The minimum absolute atomic E-state index is 0.398. The van der Waals surface area contributed by atoms with Crippen molar-refractivity contribution < 1.29 is 0 Å². The topological polar surface area (TPSA) is 55.0 Å². The van der Waals surface area contributed by atoms with Gasteiger partial charge in [0, 0.05) is 36.0 Å². The van der Waals surface area contributed by atoms with Crippen molar-refractivity contribution in [1.29, 1.82) is 0 Å². The van der Waals surface area contributed by atoms with Crippen LogP contribution in [0.25, 0.3) is 11.0 Å². The van der Waals surface area contributed by atoms with Crippen LogP contribution in [0.2, 0.25) is 0 Å². The summed E-state index contributed by atoms with van der Waals surface area (Å²) in [5.41, 5.74) is 9.02. The van der Waals surface area contributed by atoms with Crippen molar-refractivity contribution in [1.82, 2.24) is 9.97 Å². The van der Waals surface area contributed by atoms with Crippen molar-refractivity contribution in [2.24, 2.45) is 11.7 Å². The molecule has 1 aliphatic rings. The fraction of sp³-hybridized carbons (Fsp3) is 0.467. The summed E-state index contributed by atoms with van der Waals surface area (Å²) in [7, 11) is 0. The smallest absolute Gasteiger partial charge is 0.112 e. The van der Waals surface area contributed by atoms with E-state index in [0.717, 1.165) is 40.1 Å². The number of nitrogens with zero attached hydrogens (tertiary/aromatic N) is 3. The van der Waals surface area contributed by atoms with Crippen LogP contribution in [0.1, 0.15) is 19.8 Å². The third-order valence-electron chi connectivity index (χ3n) is 4.08. The van der Waals surface area contributed by atoms with E-state index >= 15 is 0 Å². The number of halogens is 1. The summed E-state index contributed by atoms with van der Waals surface area (Å²) in [6.07, 6.45) is 6.04. The second-order valence-electron chi connectivity index (χ2n) is 5.56. The van der Waals surface area contributed by atoms with Crippen molar-refractivity contribution in [2.45, 2.75) is 25.8 Å². The maximum Gasteiger partial charge on any atom is 0.112 e. The molecule has 2 aromatic heterocycles. The molecular formula is C15H19BrN4. The Balaban J connectivity index is 2.05. The lowest BCUT2D eigenvalue weighted by molar-refractivity contribution is 0.367. The van der Waals surface area contributed by atoms with E-state index in [4.69, 9.17) is 5.73 Å². The Labute approximate surface area is 127 Å². The number of hydrogen-bond donors (Lipinski definition) is 1. The molecule has 3 heterocycles. The maximum atomic E-state index is 5.98. The molecule has 20 heavy (non-hydrogen) atoms. The second-order valence-corrected chi connectivity index (χ2v) is 6.48. The summed E-state index contributed by atoms with van der Waals surface area (Å²) in [5, 5.41) is 0. The van der Waals surface area contributed by atoms with Crippen molar-refractivity contribution in [3.05, 3.63) is 29.0 Å². The molecule has 2 N–H and O–H groups in total. The monoisotopic (exact) mass is 334 g/mol. The molecule has 1 saturated heterocycles. The maximum absolute atomic E-state index is 5.98. The largest absolute Gasteiger partial charge is 0.365 e. The summed E-state index contributed by atoms with van der Waals surface area (Å²) in [5.74, 6) is 0.745. The Hall–Kier alpha value is -1.20. The lowest BCUT2D eigenvalue weighted by Gasteiger charge is -2.39. The summed E-state index contributed by atoms with van der Waals surface area (Å²) in [6, 6.07) is 4.47. The van der Waals surface area contributed by atoms with E-state index in [0.29, 0.717) is 12.6 Å². The first kappa shape index (κ1) is 13.8. The van der Waals surface area contributed by atoms with Crippen LogP contribution in [-0.4, -0.2) is 29.1 Å². The third-order valence-corrected chi connectivity index (χ3v) is 4.52. The zero-order chi connectivity index (χ0) is 14.1. The number of piperidine rings is 1. The van der Waals surface area contributed by atoms with Gasteiger partial charge in [0.25, 0.3) is 0 Å². The zero-order valence-corrected chi connectivity index (χ0v) is 13.2. The van der Waals surface area contributed by atoms with E-state index in [1.807, 2.05) is 18.5 Å². The molecule has 0 aromatic carbocycles. The molecule has 0 bridgehead atoms. The molecule has 3 rings (SSSR count). The fourth-order valence-corrected chi connectivity index (χ4v) is 3.33. The molecule has 106 valence electrons. The number of pyridine rings is 2. The molecule has 2 aromatic rings. The molecule has 4 nitrogen and oxygen atoms in total. The summed E-state index contributed by atoms with van der Waals surface area (Å²) in [4.78, 5) is 11.4. The van der Waals surface area contributed by atoms with Gasteiger partial charge in [-0.1, -0.05) is 6.92 Å². The van der Waals surface area contributed by atoms with E-state index in [1.54, 1.807) is 0 Å². The molecule has 1 fully saturated rings. The standard InChI is InChI=1S/C15H19BrN4/c1-10-3-5-20(12(6-10)8-17)14-2-4-18-13-7-11(16)9-19-15(13)14/h2,4,7,9-10,12H,3,5-6,8,17H2,1H3. The van der Waals surface area contributed by atoms with E-state index in [2.05, 4.69) is 43.8 Å². The molecule has 5 heteroatoms. The molecule has 0 amide bonds. The van der Waals surface area contributed by atoms with Crippen LogP contribution in [0.3, 0.4) is 0 Å². The Morgan fingerprint density at radius 3 is 3.10 bits per heavy atom. The average Bonchev–Trinajstić information content (AvgIpc) is 2.46. The van der Waals surface area contributed by atoms with Crippen LogP contribution in [-0.2, 0) is 0 Å². The van der Waals surface area contributed by atoms with Crippen molar-refractivity contribution in [3.63, 3.8) is 0 Å². The van der Waals surface area contributed by atoms with Crippen LogP contribution >= 0.6 is 15.9 Å². The van der Waals surface area contributed by atoms with Gasteiger partial charge in [0.1, 0.15) is 5.52 Å². The third kappa shape index (κ3) is 2.52. The van der Waals surface area contributed by atoms with E-state index in [9.17, 15) is 0 Å². The number of anilines is 1. The molecule has 0 radical (unpaired) electrons. The first-order valence-electron chi connectivity index (χ1n) is 7.06. The lowest BCUT2D eigenvalue weighted by Crippen LogP contribution is -2.46. The molecule has 0 aliphatic carbocycles. The van der Waals surface area contributed by atoms with Crippen LogP contribution in [0.15, 0.2) is 29.0 Å². The number of fused-ring (bicyclic) bond motifs is 1. The van der Waals surface area contributed by atoms with E-state index in [-0.39, 0.29) is 0 Å².